The maximum atomic E-state index is 10.7. The average Bonchev–Trinajstić information content (AvgIpc) is 2.90. The molecular weight excluding hydrogens is 270 g/mol. The Labute approximate surface area is 125 Å². The molecule has 0 amide bonds. The topological polar surface area (TPSA) is 40.5 Å². The van der Waals surface area contributed by atoms with Gasteiger partial charge in [-0.25, -0.2) is 0 Å². The first kappa shape index (κ1) is 15.5. The van der Waals surface area contributed by atoms with Gasteiger partial charge in [-0.3, -0.25) is 9.69 Å². The largest absolute Gasteiger partial charge is 0.481 e. The number of carbonyl (C=O) groups is 1. The first-order chi connectivity index (χ1) is 9.58. The van der Waals surface area contributed by atoms with Crippen LogP contribution in [0.4, 0.5) is 0 Å². The number of hydrogen-bond acceptors (Lipinski definition) is 3. The summed E-state index contributed by atoms with van der Waals surface area (Å²) in [4.78, 5) is 14.8. The number of carboxylic acid groups (broad SMARTS) is 1. The minimum Gasteiger partial charge on any atom is -0.481 e. The summed E-state index contributed by atoms with van der Waals surface area (Å²) in [5, 5.41) is 11.0. The summed E-state index contributed by atoms with van der Waals surface area (Å²) in [6, 6.07) is 4.85. The van der Waals surface area contributed by atoms with E-state index in [9.17, 15) is 4.79 Å². The monoisotopic (exact) mass is 295 g/mol. The summed E-state index contributed by atoms with van der Waals surface area (Å²) in [6.45, 7) is 6.76. The summed E-state index contributed by atoms with van der Waals surface area (Å²) in [6.07, 6.45) is 3.50. The summed E-state index contributed by atoms with van der Waals surface area (Å²) in [5.74, 6) is 0.466. The Morgan fingerprint density at radius 2 is 2.35 bits per heavy atom. The van der Waals surface area contributed by atoms with Crippen LogP contribution in [-0.4, -0.2) is 29.1 Å². The van der Waals surface area contributed by atoms with Gasteiger partial charge >= 0.3 is 5.97 Å². The molecule has 1 N–H and O–H groups in total. The second-order valence-electron chi connectivity index (χ2n) is 6.14. The Morgan fingerprint density at radius 1 is 1.55 bits per heavy atom. The molecule has 0 radical (unpaired) electrons. The van der Waals surface area contributed by atoms with Crippen molar-refractivity contribution in [1.82, 2.24) is 4.90 Å². The molecule has 1 aliphatic heterocycles. The lowest BCUT2D eigenvalue weighted by atomic mass is 9.90. The molecule has 20 heavy (non-hydrogen) atoms. The molecule has 4 heteroatoms. The molecule has 0 spiro atoms. The third kappa shape index (κ3) is 4.06. The number of nitrogens with zero attached hydrogens (tertiary/aromatic N) is 1. The molecule has 0 saturated carbocycles. The van der Waals surface area contributed by atoms with Crippen LogP contribution in [0.2, 0.25) is 0 Å². The fraction of sp³-hybridized carbons (Fsp3) is 0.688. The van der Waals surface area contributed by atoms with Crippen molar-refractivity contribution >= 4 is 17.3 Å². The molecule has 2 rings (SSSR count). The number of piperidine rings is 1. The molecule has 2 atom stereocenters. The lowest BCUT2D eigenvalue weighted by molar-refractivity contribution is -0.137. The molecule has 1 aliphatic rings. The molecular formula is C16H25NO2S. The maximum Gasteiger partial charge on any atom is 0.303 e. The zero-order chi connectivity index (χ0) is 14.5. The van der Waals surface area contributed by atoms with Gasteiger partial charge in [-0.05, 0) is 49.1 Å². The quantitative estimate of drug-likeness (QED) is 0.861. The molecule has 0 bridgehead atoms. The molecule has 2 heterocycles. The normalized spacial score (nSPS) is 22.1. The van der Waals surface area contributed by atoms with Crippen LogP contribution in [0.25, 0.3) is 0 Å². The summed E-state index contributed by atoms with van der Waals surface area (Å²) in [5.41, 5.74) is 0. The van der Waals surface area contributed by atoms with Crippen molar-refractivity contribution in [3.8, 4) is 0 Å². The van der Waals surface area contributed by atoms with E-state index in [1.54, 1.807) is 0 Å². The van der Waals surface area contributed by atoms with Gasteiger partial charge in [0.2, 0.25) is 0 Å². The summed E-state index contributed by atoms with van der Waals surface area (Å²) < 4.78 is 0. The summed E-state index contributed by atoms with van der Waals surface area (Å²) >= 11 is 1.84. The van der Waals surface area contributed by atoms with Crippen molar-refractivity contribution in [1.29, 1.82) is 0 Å². The van der Waals surface area contributed by atoms with E-state index in [1.807, 2.05) is 11.3 Å². The van der Waals surface area contributed by atoms with Gasteiger partial charge in [0.1, 0.15) is 0 Å². The van der Waals surface area contributed by atoms with Gasteiger partial charge in [-0.15, -0.1) is 11.3 Å². The van der Waals surface area contributed by atoms with Gasteiger partial charge in [0.05, 0.1) is 0 Å². The van der Waals surface area contributed by atoms with Crippen molar-refractivity contribution in [2.24, 2.45) is 11.8 Å². The molecule has 1 fully saturated rings. The predicted octanol–water partition coefficient (Wildman–Crippen LogP) is 4.02. The lowest BCUT2D eigenvalue weighted by Crippen LogP contribution is -2.40. The third-order valence-corrected chi connectivity index (χ3v) is 5.12. The fourth-order valence-electron chi connectivity index (χ4n) is 3.30. The van der Waals surface area contributed by atoms with E-state index in [1.165, 1.54) is 17.7 Å². The van der Waals surface area contributed by atoms with E-state index in [-0.39, 0.29) is 0 Å². The Morgan fingerprint density at radius 3 is 2.95 bits per heavy atom. The SMILES string of the molecule is CC(C)C(c1cccs1)N1CCCC(CCC(=O)O)C1. The first-order valence-electron chi connectivity index (χ1n) is 7.57. The van der Waals surface area contributed by atoms with Crippen molar-refractivity contribution in [3.63, 3.8) is 0 Å². The molecule has 0 aromatic carbocycles. The molecule has 3 nitrogen and oxygen atoms in total. The van der Waals surface area contributed by atoms with E-state index >= 15 is 0 Å². The molecule has 1 aromatic rings. The third-order valence-electron chi connectivity index (χ3n) is 4.18. The minimum absolute atomic E-state index is 0.309. The van der Waals surface area contributed by atoms with Gasteiger partial charge in [0.25, 0.3) is 0 Å². The number of likely N-dealkylation sites (tertiary alicyclic amines) is 1. The van der Waals surface area contributed by atoms with E-state index in [4.69, 9.17) is 5.11 Å². The van der Waals surface area contributed by atoms with E-state index in [2.05, 4.69) is 36.3 Å². The second kappa shape index (κ2) is 7.23. The Kier molecular flexibility index (Phi) is 5.61. The number of aliphatic carboxylic acids is 1. The highest BCUT2D eigenvalue weighted by Gasteiger charge is 2.29. The average molecular weight is 295 g/mol. The molecule has 2 unspecified atom stereocenters. The van der Waals surface area contributed by atoms with Crippen molar-refractivity contribution in [2.75, 3.05) is 13.1 Å². The Bertz CT molecular complexity index is 416. The highest BCUT2D eigenvalue weighted by atomic mass is 32.1. The van der Waals surface area contributed by atoms with Crippen molar-refractivity contribution in [3.05, 3.63) is 22.4 Å². The van der Waals surface area contributed by atoms with E-state index < -0.39 is 5.97 Å². The minimum atomic E-state index is -0.666. The zero-order valence-corrected chi connectivity index (χ0v) is 13.2. The van der Waals surface area contributed by atoms with Crippen LogP contribution >= 0.6 is 11.3 Å². The van der Waals surface area contributed by atoms with Crippen LogP contribution in [0.15, 0.2) is 17.5 Å². The van der Waals surface area contributed by atoms with E-state index in [0.29, 0.717) is 24.3 Å². The highest BCUT2D eigenvalue weighted by Crippen LogP contribution is 2.35. The number of carboxylic acids is 1. The van der Waals surface area contributed by atoms with Gasteiger partial charge in [-0.2, -0.15) is 0 Å². The maximum absolute atomic E-state index is 10.7. The smallest absolute Gasteiger partial charge is 0.303 e. The number of thiophene rings is 1. The van der Waals surface area contributed by atoms with Gasteiger partial charge in [0, 0.05) is 23.9 Å². The Balaban J connectivity index is 2.00. The fourth-order valence-corrected chi connectivity index (χ4v) is 4.33. The predicted molar refractivity (Wildman–Crippen MR) is 83.1 cm³/mol. The van der Waals surface area contributed by atoms with Crippen molar-refractivity contribution < 1.29 is 9.90 Å². The van der Waals surface area contributed by atoms with Crippen LogP contribution in [0.3, 0.4) is 0 Å². The van der Waals surface area contributed by atoms with Crippen LogP contribution in [0, 0.1) is 11.8 Å². The Hall–Kier alpha value is -0.870. The van der Waals surface area contributed by atoms with Crippen LogP contribution < -0.4 is 0 Å². The molecule has 112 valence electrons. The van der Waals surface area contributed by atoms with Crippen molar-refractivity contribution in [2.45, 2.75) is 45.6 Å². The number of hydrogen-bond donors (Lipinski definition) is 1. The summed E-state index contributed by atoms with van der Waals surface area (Å²) in [7, 11) is 0. The molecule has 1 saturated heterocycles. The van der Waals surface area contributed by atoms with Gasteiger partial charge in [-0.1, -0.05) is 19.9 Å². The molecule has 0 aliphatic carbocycles. The number of rotatable bonds is 6. The molecule has 1 aromatic heterocycles. The second-order valence-corrected chi connectivity index (χ2v) is 7.12. The van der Waals surface area contributed by atoms with Crippen LogP contribution in [-0.2, 0) is 4.79 Å². The van der Waals surface area contributed by atoms with Gasteiger partial charge in [0.15, 0.2) is 0 Å². The van der Waals surface area contributed by atoms with Crippen LogP contribution in [0.5, 0.6) is 0 Å². The first-order valence-corrected chi connectivity index (χ1v) is 8.45. The standard InChI is InChI=1S/C16H25NO2S/c1-12(2)16(14-6-4-10-20-14)17-9-3-5-13(11-17)7-8-15(18)19/h4,6,10,12-13,16H,3,5,7-9,11H2,1-2H3,(H,18,19). The highest BCUT2D eigenvalue weighted by molar-refractivity contribution is 7.10. The van der Waals surface area contributed by atoms with Crippen LogP contribution in [0.1, 0.15) is 50.4 Å². The van der Waals surface area contributed by atoms with E-state index in [0.717, 1.165) is 19.5 Å². The lowest BCUT2D eigenvalue weighted by Gasteiger charge is -2.39. The zero-order valence-electron chi connectivity index (χ0n) is 12.4. The van der Waals surface area contributed by atoms with Gasteiger partial charge < -0.3 is 5.11 Å².